The van der Waals surface area contributed by atoms with E-state index in [4.69, 9.17) is 16.3 Å². The van der Waals surface area contributed by atoms with Crippen molar-refractivity contribution in [1.29, 1.82) is 0 Å². The van der Waals surface area contributed by atoms with Gasteiger partial charge in [0.25, 0.3) is 0 Å². The minimum Gasteiger partial charge on any atom is -0.497 e. The third kappa shape index (κ3) is 3.24. The van der Waals surface area contributed by atoms with Crippen molar-refractivity contribution in [2.45, 2.75) is 18.9 Å². The number of aromatic amines is 1. The van der Waals surface area contributed by atoms with Crippen LogP contribution in [0.25, 0.3) is 0 Å². The molecule has 0 aliphatic rings. The number of aromatic nitrogens is 2. The number of anilines is 1. The first-order valence-electron chi connectivity index (χ1n) is 6.12. The lowest BCUT2D eigenvalue weighted by atomic mass is 10.0. The molecule has 0 bridgehead atoms. The Balaban J connectivity index is 1.98. The van der Waals surface area contributed by atoms with Crippen LogP contribution in [0, 0.1) is 0 Å². The van der Waals surface area contributed by atoms with Gasteiger partial charge in [0, 0.05) is 5.56 Å². The molecule has 0 amide bonds. The molecule has 2 rings (SSSR count). The van der Waals surface area contributed by atoms with Crippen LogP contribution >= 0.6 is 0 Å². The first-order chi connectivity index (χ1) is 9.24. The first-order valence-corrected chi connectivity index (χ1v) is 6.12. The van der Waals surface area contributed by atoms with Crippen molar-refractivity contribution in [1.82, 2.24) is 15.6 Å². The number of methoxy groups -OCH3 is 1. The number of rotatable bonds is 6. The summed E-state index contributed by atoms with van der Waals surface area (Å²) in [5, 5.41) is 6.62. The molecule has 19 heavy (non-hydrogen) atoms. The molecule has 1 atom stereocenters. The maximum absolute atomic E-state index is 5.79. The number of nitrogens with zero attached hydrogens (tertiary/aromatic N) is 1. The summed E-state index contributed by atoms with van der Waals surface area (Å²) < 4.78 is 5.13. The maximum Gasteiger partial charge on any atom is 0.123 e. The Morgan fingerprint density at radius 2 is 2.11 bits per heavy atom. The highest BCUT2D eigenvalue weighted by Gasteiger charge is 2.14. The summed E-state index contributed by atoms with van der Waals surface area (Å²) in [5.74, 6) is 6.99. The Morgan fingerprint density at radius 3 is 2.63 bits per heavy atom. The Kier molecular flexibility index (Phi) is 4.38. The molecule has 6 nitrogen and oxygen atoms in total. The molecule has 1 aromatic carbocycles. The molecule has 6 N–H and O–H groups in total. The minimum absolute atomic E-state index is 0.0131. The molecule has 2 aromatic rings. The quantitative estimate of drug-likeness (QED) is 0.461. The number of nitrogens with one attached hydrogen (secondary N) is 2. The number of H-pyrrole nitrogens is 1. The van der Waals surface area contributed by atoms with Crippen molar-refractivity contribution in [3.05, 3.63) is 41.6 Å². The van der Waals surface area contributed by atoms with E-state index in [0.29, 0.717) is 5.82 Å². The van der Waals surface area contributed by atoms with Crippen LogP contribution in [0.3, 0.4) is 0 Å². The van der Waals surface area contributed by atoms with Crippen molar-refractivity contribution >= 4 is 5.82 Å². The van der Waals surface area contributed by atoms with Crippen LogP contribution in [0.15, 0.2) is 30.5 Å². The molecule has 0 fully saturated rings. The fourth-order valence-electron chi connectivity index (χ4n) is 2.01. The molecular formula is C13H19N5O. The van der Waals surface area contributed by atoms with Gasteiger partial charge in [0.05, 0.1) is 19.3 Å². The Hall–Kier alpha value is -2.05. The molecule has 102 valence electrons. The van der Waals surface area contributed by atoms with E-state index >= 15 is 0 Å². The van der Waals surface area contributed by atoms with E-state index in [1.165, 1.54) is 5.56 Å². The van der Waals surface area contributed by atoms with Crippen molar-refractivity contribution in [3.63, 3.8) is 0 Å². The number of benzene rings is 1. The normalized spacial score (nSPS) is 12.3. The third-order valence-electron chi connectivity index (χ3n) is 3.16. The monoisotopic (exact) mass is 261 g/mol. The lowest BCUT2D eigenvalue weighted by Crippen LogP contribution is -2.28. The zero-order valence-electron chi connectivity index (χ0n) is 10.9. The lowest BCUT2D eigenvalue weighted by Gasteiger charge is -2.15. The van der Waals surface area contributed by atoms with Crippen molar-refractivity contribution in [3.8, 4) is 5.75 Å². The first kappa shape index (κ1) is 13.4. The van der Waals surface area contributed by atoms with Gasteiger partial charge in [-0.25, -0.2) is 0 Å². The zero-order chi connectivity index (χ0) is 13.7. The SMILES string of the molecule is COc1ccc(CCC(NN)c2cn[nH]c2N)cc1. The van der Waals surface area contributed by atoms with Crippen LogP contribution in [0.4, 0.5) is 5.82 Å². The minimum atomic E-state index is -0.0131. The summed E-state index contributed by atoms with van der Waals surface area (Å²) in [6, 6.07) is 7.98. The van der Waals surface area contributed by atoms with Crippen LogP contribution in [-0.2, 0) is 6.42 Å². The van der Waals surface area contributed by atoms with Gasteiger partial charge in [-0.2, -0.15) is 5.10 Å². The topological polar surface area (TPSA) is 102 Å². The van der Waals surface area contributed by atoms with Gasteiger partial charge in [-0.15, -0.1) is 0 Å². The number of ether oxygens (including phenoxy) is 1. The van der Waals surface area contributed by atoms with E-state index in [-0.39, 0.29) is 6.04 Å². The van der Waals surface area contributed by atoms with E-state index in [9.17, 15) is 0 Å². The van der Waals surface area contributed by atoms with E-state index in [1.54, 1.807) is 13.3 Å². The highest BCUT2D eigenvalue weighted by atomic mass is 16.5. The molecule has 1 heterocycles. The average Bonchev–Trinajstić information content (AvgIpc) is 2.87. The predicted molar refractivity (Wildman–Crippen MR) is 74.4 cm³/mol. The average molecular weight is 261 g/mol. The third-order valence-corrected chi connectivity index (χ3v) is 3.16. The van der Waals surface area contributed by atoms with Crippen LogP contribution in [0.1, 0.15) is 23.6 Å². The second-order valence-corrected chi connectivity index (χ2v) is 4.35. The van der Waals surface area contributed by atoms with Gasteiger partial charge in [0.15, 0.2) is 0 Å². The maximum atomic E-state index is 5.79. The number of hydrogen-bond donors (Lipinski definition) is 4. The second kappa shape index (κ2) is 6.21. The van der Waals surface area contributed by atoms with Crippen LogP contribution in [0.5, 0.6) is 5.75 Å². The molecule has 0 aliphatic heterocycles. The van der Waals surface area contributed by atoms with Crippen LogP contribution in [0.2, 0.25) is 0 Å². The van der Waals surface area contributed by atoms with Gasteiger partial charge in [-0.05, 0) is 30.5 Å². The predicted octanol–water partition coefficient (Wildman–Crippen LogP) is 1.14. The van der Waals surface area contributed by atoms with Gasteiger partial charge in [0.1, 0.15) is 11.6 Å². The smallest absolute Gasteiger partial charge is 0.123 e. The summed E-state index contributed by atoms with van der Waals surface area (Å²) in [6.45, 7) is 0. The number of nitrogen functional groups attached to an aromatic ring is 1. The van der Waals surface area contributed by atoms with E-state index in [2.05, 4.69) is 15.6 Å². The molecule has 1 aromatic heterocycles. The standard InChI is InChI=1S/C13H19N5O/c1-19-10-5-2-9(3-6-10)4-7-12(17-15)11-8-16-18-13(11)14/h2-3,5-6,8,12,17H,4,7,15H2,1H3,(H3,14,16,18). The molecule has 1 unspecified atom stereocenters. The fourth-order valence-corrected chi connectivity index (χ4v) is 2.01. The molecule has 0 saturated heterocycles. The van der Waals surface area contributed by atoms with Crippen molar-refractivity contribution in [2.24, 2.45) is 5.84 Å². The van der Waals surface area contributed by atoms with Crippen LogP contribution in [-0.4, -0.2) is 17.3 Å². The number of hydrogen-bond acceptors (Lipinski definition) is 5. The molecule has 0 saturated carbocycles. The highest BCUT2D eigenvalue weighted by molar-refractivity contribution is 5.39. The molecule has 0 aliphatic carbocycles. The Morgan fingerprint density at radius 1 is 1.37 bits per heavy atom. The van der Waals surface area contributed by atoms with E-state index in [0.717, 1.165) is 24.2 Å². The number of nitrogens with two attached hydrogens (primary N) is 2. The Bertz CT molecular complexity index is 508. The number of aryl methyl sites for hydroxylation is 1. The summed E-state index contributed by atoms with van der Waals surface area (Å²) >= 11 is 0. The van der Waals surface area contributed by atoms with Gasteiger partial charge in [0.2, 0.25) is 0 Å². The van der Waals surface area contributed by atoms with E-state index in [1.807, 2.05) is 24.3 Å². The molecule has 0 radical (unpaired) electrons. The molecule has 0 spiro atoms. The number of hydrazine groups is 1. The summed E-state index contributed by atoms with van der Waals surface area (Å²) in [6.07, 6.45) is 3.43. The highest BCUT2D eigenvalue weighted by Crippen LogP contribution is 2.22. The molecular weight excluding hydrogens is 242 g/mol. The molecule has 6 heteroatoms. The summed E-state index contributed by atoms with van der Waals surface area (Å²) in [4.78, 5) is 0. The van der Waals surface area contributed by atoms with Gasteiger partial charge in [-0.1, -0.05) is 12.1 Å². The van der Waals surface area contributed by atoms with Gasteiger partial charge >= 0.3 is 0 Å². The summed E-state index contributed by atoms with van der Waals surface area (Å²) in [7, 11) is 1.66. The Labute approximate surface area is 112 Å². The second-order valence-electron chi connectivity index (χ2n) is 4.35. The van der Waals surface area contributed by atoms with Crippen molar-refractivity contribution < 1.29 is 4.74 Å². The van der Waals surface area contributed by atoms with Gasteiger partial charge in [-0.3, -0.25) is 16.4 Å². The fraction of sp³-hybridized carbons (Fsp3) is 0.308. The van der Waals surface area contributed by atoms with Gasteiger partial charge < -0.3 is 10.5 Å². The lowest BCUT2D eigenvalue weighted by molar-refractivity contribution is 0.414. The van der Waals surface area contributed by atoms with Crippen LogP contribution < -0.4 is 21.7 Å². The van der Waals surface area contributed by atoms with Crippen molar-refractivity contribution in [2.75, 3.05) is 12.8 Å². The summed E-state index contributed by atoms with van der Waals surface area (Å²) in [5.41, 5.74) is 10.7. The largest absolute Gasteiger partial charge is 0.497 e. The van der Waals surface area contributed by atoms with E-state index < -0.39 is 0 Å². The zero-order valence-corrected chi connectivity index (χ0v) is 10.9.